The predicted octanol–water partition coefficient (Wildman–Crippen LogP) is 1.58. The van der Waals surface area contributed by atoms with Gasteiger partial charge < -0.3 is 9.47 Å². The van der Waals surface area contributed by atoms with Crippen LogP contribution in [0.15, 0.2) is 18.2 Å². The van der Waals surface area contributed by atoms with E-state index in [0.717, 1.165) is 0 Å². The summed E-state index contributed by atoms with van der Waals surface area (Å²) in [5.41, 5.74) is 0.535. The van der Waals surface area contributed by atoms with Crippen LogP contribution in [0.5, 0.6) is 11.5 Å². The van der Waals surface area contributed by atoms with Crippen molar-refractivity contribution in [2.24, 2.45) is 0 Å². The third-order valence-electron chi connectivity index (χ3n) is 2.19. The molecule has 0 aromatic heterocycles. The van der Waals surface area contributed by atoms with Crippen molar-refractivity contribution in [3.8, 4) is 11.5 Å². The summed E-state index contributed by atoms with van der Waals surface area (Å²) in [7, 11) is 0. The van der Waals surface area contributed by atoms with Gasteiger partial charge in [0.1, 0.15) is 0 Å². The molecule has 1 aromatic rings. The van der Waals surface area contributed by atoms with Gasteiger partial charge in [-0.25, -0.2) is 0 Å². The van der Waals surface area contributed by atoms with Crippen LogP contribution in [-0.2, 0) is 4.79 Å². The fourth-order valence-corrected chi connectivity index (χ4v) is 1.40. The van der Waals surface area contributed by atoms with Crippen LogP contribution in [0.1, 0.15) is 24.2 Å². The number of ketones is 1. The molecule has 0 spiro atoms. The smallest absolute Gasteiger partial charge is 0.305 e. The van der Waals surface area contributed by atoms with E-state index < -0.39 is 5.79 Å². The first kappa shape index (κ1) is 9.71. The van der Waals surface area contributed by atoms with Crippen LogP contribution >= 0.6 is 0 Å². The van der Waals surface area contributed by atoms with Crippen molar-refractivity contribution < 1.29 is 19.1 Å². The largest absolute Gasteiger partial charge is 0.442 e. The molecule has 4 heteroatoms. The molecular weight excluding hydrogens is 196 g/mol. The Balaban J connectivity index is 2.39. The van der Waals surface area contributed by atoms with E-state index in [1.807, 2.05) is 0 Å². The Bertz CT molecular complexity index is 438. The quantitative estimate of drug-likeness (QED) is 0.544. The molecule has 0 radical (unpaired) electrons. The van der Waals surface area contributed by atoms with Crippen LogP contribution in [-0.4, -0.2) is 17.9 Å². The highest BCUT2D eigenvalue weighted by Crippen LogP contribution is 2.38. The molecule has 1 aliphatic heterocycles. The molecule has 0 fully saturated rings. The average molecular weight is 206 g/mol. The minimum atomic E-state index is -1.27. The number of benzene rings is 1. The number of hydrogen-bond acceptors (Lipinski definition) is 4. The van der Waals surface area contributed by atoms with Crippen LogP contribution in [0.25, 0.3) is 0 Å². The molecule has 1 aromatic carbocycles. The number of carbonyl (C=O) groups excluding carboxylic acids is 2. The lowest BCUT2D eigenvalue weighted by Crippen LogP contribution is -2.36. The molecule has 1 atom stereocenters. The van der Waals surface area contributed by atoms with E-state index >= 15 is 0 Å². The normalized spacial score (nSPS) is 22.5. The monoisotopic (exact) mass is 206 g/mol. The van der Waals surface area contributed by atoms with Gasteiger partial charge in [0.05, 0.1) is 0 Å². The van der Waals surface area contributed by atoms with Gasteiger partial charge in [-0.2, -0.15) is 0 Å². The van der Waals surface area contributed by atoms with E-state index in [1.165, 1.54) is 13.8 Å². The summed E-state index contributed by atoms with van der Waals surface area (Å²) in [5, 5.41) is 0. The van der Waals surface area contributed by atoms with Crippen LogP contribution in [0.4, 0.5) is 0 Å². The Hall–Kier alpha value is -1.84. The maximum absolute atomic E-state index is 11.1. The lowest BCUT2D eigenvalue weighted by molar-refractivity contribution is -0.137. The molecule has 0 saturated carbocycles. The summed E-state index contributed by atoms with van der Waals surface area (Å²) in [6.07, 6.45) is 0.584. The highest BCUT2D eigenvalue weighted by atomic mass is 16.7. The molecule has 1 heterocycles. The Morgan fingerprint density at radius 2 is 2.00 bits per heavy atom. The van der Waals surface area contributed by atoms with E-state index in [2.05, 4.69) is 0 Å². The van der Waals surface area contributed by atoms with Crippen molar-refractivity contribution in [2.45, 2.75) is 19.6 Å². The third-order valence-corrected chi connectivity index (χ3v) is 2.19. The average Bonchev–Trinajstić information content (AvgIpc) is 2.53. The zero-order valence-electron chi connectivity index (χ0n) is 8.44. The summed E-state index contributed by atoms with van der Waals surface area (Å²) in [5.74, 6) is -0.411. The zero-order valence-corrected chi connectivity index (χ0v) is 8.44. The standard InChI is InChI=1S/C11H10O4/c1-7(13)8-3-4-9-10(5-8)15-11(2,6-12)14-9/h3-6H,1-2H3. The van der Waals surface area contributed by atoms with Crippen molar-refractivity contribution in [2.75, 3.05) is 0 Å². The second-order valence-corrected chi connectivity index (χ2v) is 3.56. The van der Waals surface area contributed by atoms with E-state index in [-0.39, 0.29) is 5.78 Å². The van der Waals surface area contributed by atoms with Crippen LogP contribution in [0, 0.1) is 0 Å². The first-order valence-corrected chi connectivity index (χ1v) is 4.53. The minimum absolute atomic E-state index is 0.0545. The summed E-state index contributed by atoms with van der Waals surface area (Å²) < 4.78 is 10.6. The van der Waals surface area contributed by atoms with Crippen molar-refractivity contribution in [3.05, 3.63) is 23.8 Å². The minimum Gasteiger partial charge on any atom is -0.442 e. The highest BCUT2D eigenvalue weighted by molar-refractivity contribution is 5.94. The Morgan fingerprint density at radius 1 is 1.33 bits per heavy atom. The number of hydrogen-bond donors (Lipinski definition) is 0. The fourth-order valence-electron chi connectivity index (χ4n) is 1.40. The molecule has 78 valence electrons. The van der Waals surface area contributed by atoms with Crippen molar-refractivity contribution in [3.63, 3.8) is 0 Å². The molecule has 1 aliphatic rings. The van der Waals surface area contributed by atoms with Crippen LogP contribution < -0.4 is 9.47 Å². The molecule has 2 rings (SSSR count). The second kappa shape index (κ2) is 3.08. The Labute approximate surface area is 86.8 Å². The van der Waals surface area contributed by atoms with Gasteiger partial charge in [0.2, 0.25) is 6.29 Å². The van der Waals surface area contributed by atoms with Gasteiger partial charge >= 0.3 is 5.79 Å². The van der Waals surface area contributed by atoms with Crippen molar-refractivity contribution in [1.29, 1.82) is 0 Å². The zero-order chi connectivity index (χ0) is 11.1. The molecular formula is C11H10O4. The summed E-state index contributed by atoms with van der Waals surface area (Å²) in [6, 6.07) is 4.84. The van der Waals surface area contributed by atoms with E-state index in [0.29, 0.717) is 23.3 Å². The van der Waals surface area contributed by atoms with Crippen LogP contribution in [0.2, 0.25) is 0 Å². The topological polar surface area (TPSA) is 52.6 Å². The second-order valence-electron chi connectivity index (χ2n) is 3.56. The highest BCUT2D eigenvalue weighted by Gasteiger charge is 2.36. The number of rotatable bonds is 2. The van der Waals surface area contributed by atoms with Crippen molar-refractivity contribution in [1.82, 2.24) is 0 Å². The SMILES string of the molecule is CC(=O)c1ccc2c(c1)OC(C)(C=O)O2. The number of aldehydes is 1. The van der Waals surface area contributed by atoms with E-state index in [4.69, 9.17) is 9.47 Å². The Kier molecular flexibility index (Phi) is 2.00. The fraction of sp³-hybridized carbons (Fsp3) is 0.273. The van der Waals surface area contributed by atoms with Gasteiger partial charge in [0.25, 0.3) is 0 Å². The maximum atomic E-state index is 11.1. The first-order valence-electron chi connectivity index (χ1n) is 4.53. The molecule has 0 bridgehead atoms. The molecule has 15 heavy (non-hydrogen) atoms. The summed E-state index contributed by atoms with van der Waals surface area (Å²) in [6.45, 7) is 2.99. The predicted molar refractivity (Wildman–Crippen MR) is 52.2 cm³/mol. The van der Waals surface area contributed by atoms with Gasteiger partial charge in [-0.05, 0) is 25.1 Å². The molecule has 0 amide bonds. The summed E-state index contributed by atoms with van der Waals surface area (Å²) >= 11 is 0. The van der Waals surface area contributed by atoms with Gasteiger partial charge in [-0.15, -0.1) is 0 Å². The summed E-state index contributed by atoms with van der Waals surface area (Å²) in [4.78, 5) is 21.8. The molecule has 1 unspecified atom stereocenters. The molecule has 0 N–H and O–H groups in total. The molecule has 0 aliphatic carbocycles. The number of fused-ring (bicyclic) bond motifs is 1. The van der Waals surface area contributed by atoms with Gasteiger partial charge in [0.15, 0.2) is 17.3 Å². The molecule has 0 saturated heterocycles. The maximum Gasteiger partial charge on any atom is 0.305 e. The van der Waals surface area contributed by atoms with Gasteiger partial charge in [-0.1, -0.05) is 0 Å². The lowest BCUT2D eigenvalue weighted by Gasteiger charge is -2.14. The first-order chi connectivity index (χ1) is 7.04. The Morgan fingerprint density at radius 3 is 2.60 bits per heavy atom. The number of ether oxygens (including phenoxy) is 2. The lowest BCUT2D eigenvalue weighted by atomic mass is 10.1. The van der Waals surface area contributed by atoms with Crippen LogP contribution in [0.3, 0.4) is 0 Å². The third kappa shape index (κ3) is 1.58. The van der Waals surface area contributed by atoms with Gasteiger partial charge in [0, 0.05) is 12.5 Å². The number of carbonyl (C=O) groups is 2. The van der Waals surface area contributed by atoms with Gasteiger partial charge in [-0.3, -0.25) is 9.59 Å². The van der Waals surface area contributed by atoms with E-state index in [1.54, 1.807) is 18.2 Å². The molecule has 4 nitrogen and oxygen atoms in total. The number of Topliss-reactive ketones (excluding diaryl/α,β-unsaturated/α-hetero) is 1. The van der Waals surface area contributed by atoms with E-state index in [9.17, 15) is 9.59 Å². The van der Waals surface area contributed by atoms with Crippen molar-refractivity contribution >= 4 is 12.1 Å².